The van der Waals surface area contributed by atoms with Gasteiger partial charge in [0.2, 0.25) is 0 Å². The van der Waals surface area contributed by atoms with E-state index in [1.165, 1.54) is 0 Å². The average molecular weight is 247 g/mol. The number of nitrogens with one attached hydrogen (secondary N) is 1. The first kappa shape index (κ1) is 14.2. The first-order chi connectivity index (χ1) is 7.63. The van der Waals surface area contributed by atoms with E-state index in [-0.39, 0.29) is 0 Å². The highest BCUT2D eigenvalue weighted by atomic mass is 16.6. The molecule has 1 amide bonds. The lowest BCUT2D eigenvalue weighted by Gasteiger charge is -2.25. The number of ether oxygens (including phenoxy) is 1. The fourth-order valence-electron chi connectivity index (χ4n) is 1.91. The highest BCUT2D eigenvalue weighted by Gasteiger charge is 2.47. The lowest BCUT2D eigenvalue weighted by Crippen LogP contribution is -2.47. The number of aliphatic hydroxyl groups excluding tert-OH is 3. The predicted molar refractivity (Wildman–Crippen MR) is 60.3 cm³/mol. The van der Waals surface area contributed by atoms with Gasteiger partial charge in [0, 0.05) is 5.92 Å². The Hall–Kier alpha value is -0.850. The van der Waals surface area contributed by atoms with Crippen LogP contribution in [0.2, 0.25) is 0 Å². The summed E-state index contributed by atoms with van der Waals surface area (Å²) in [6, 6.07) is -0.713. The molecule has 0 heterocycles. The molecule has 0 bridgehead atoms. The first-order valence-electron chi connectivity index (χ1n) is 5.67. The maximum atomic E-state index is 11.5. The van der Waals surface area contributed by atoms with Crippen molar-refractivity contribution in [1.82, 2.24) is 5.32 Å². The van der Waals surface area contributed by atoms with Gasteiger partial charge in [-0.3, -0.25) is 0 Å². The van der Waals surface area contributed by atoms with E-state index in [1.54, 1.807) is 27.7 Å². The second-order valence-corrected chi connectivity index (χ2v) is 5.50. The summed E-state index contributed by atoms with van der Waals surface area (Å²) in [4.78, 5) is 11.5. The van der Waals surface area contributed by atoms with E-state index in [0.29, 0.717) is 0 Å². The van der Waals surface area contributed by atoms with Crippen LogP contribution in [0.3, 0.4) is 0 Å². The molecule has 0 aromatic rings. The van der Waals surface area contributed by atoms with E-state index in [9.17, 15) is 20.1 Å². The Morgan fingerprint density at radius 1 is 1.12 bits per heavy atom. The van der Waals surface area contributed by atoms with Crippen LogP contribution in [0.15, 0.2) is 0 Å². The number of alkyl carbamates (subject to hydrolysis) is 1. The number of carbonyl (C=O) groups is 1. The largest absolute Gasteiger partial charge is 0.444 e. The number of amides is 1. The van der Waals surface area contributed by atoms with E-state index in [4.69, 9.17) is 4.74 Å². The molecule has 1 saturated carbocycles. The molecule has 0 saturated heterocycles. The molecule has 0 aromatic carbocycles. The van der Waals surface area contributed by atoms with E-state index < -0.39 is 42.0 Å². The molecule has 1 aliphatic carbocycles. The predicted octanol–water partition coefficient (Wildman–Crippen LogP) is -0.388. The monoisotopic (exact) mass is 247 g/mol. The minimum Gasteiger partial charge on any atom is -0.444 e. The van der Waals surface area contributed by atoms with Gasteiger partial charge in [-0.25, -0.2) is 4.79 Å². The second-order valence-electron chi connectivity index (χ2n) is 5.50. The zero-order chi connectivity index (χ0) is 13.4. The van der Waals surface area contributed by atoms with Gasteiger partial charge in [-0.05, 0) is 20.8 Å². The van der Waals surface area contributed by atoms with Gasteiger partial charge >= 0.3 is 6.09 Å². The summed E-state index contributed by atoms with van der Waals surface area (Å²) in [5.41, 5.74) is -0.631. The Labute approximate surface area is 101 Å². The maximum Gasteiger partial charge on any atom is 0.407 e. The normalized spacial score (nSPS) is 37.9. The van der Waals surface area contributed by atoms with Crippen LogP contribution in [0.4, 0.5) is 4.79 Å². The fraction of sp³-hybridized carbons (Fsp3) is 0.909. The van der Waals surface area contributed by atoms with Crippen molar-refractivity contribution >= 4 is 6.09 Å². The Balaban J connectivity index is 2.60. The molecule has 0 radical (unpaired) electrons. The Bertz CT molecular complexity index is 274. The number of rotatable bonds is 1. The third-order valence-electron chi connectivity index (χ3n) is 2.86. The molecular weight excluding hydrogens is 226 g/mol. The number of hydrogen-bond acceptors (Lipinski definition) is 5. The van der Waals surface area contributed by atoms with E-state index in [2.05, 4.69) is 5.32 Å². The highest BCUT2D eigenvalue weighted by Crippen LogP contribution is 2.27. The minimum atomic E-state index is -1.25. The number of hydrogen-bond donors (Lipinski definition) is 4. The standard InChI is InChI=1S/C11H21NO5/c1-5-6(8(14)9(15)7(5)13)12-10(16)17-11(2,3)4/h5-9,13-15H,1-4H3,(H,12,16)/t5-,6-,7-,8-,9-/m1/s1. The molecule has 17 heavy (non-hydrogen) atoms. The van der Waals surface area contributed by atoms with Crippen molar-refractivity contribution in [2.45, 2.75) is 57.6 Å². The van der Waals surface area contributed by atoms with E-state index in [0.717, 1.165) is 0 Å². The minimum absolute atomic E-state index is 0.437. The van der Waals surface area contributed by atoms with Crippen LogP contribution in [-0.4, -0.2) is 51.4 Å². The van der Waals surface area contributed by atoms with Gasteiger partial charge < -0.3 is 25.4 Å². The summed E-state index contributed by atoms with van der Waals surface area (Å²) in [7, 11) is 0. The van der Waals surface area contributed by atoms with Crippen molar-refractivity contribution in [3.8, 4) is 0 Å². The molecule has 0 aliphatic heterocycles. The van der Waals surface area contributed by atoms with Gasteiger partial charge in [-0.2, -0.15) is 0 Å². The van der Waals surface area contributed by atoms with Crippen LogP contribution in [0.5, 0.6) is 0 Å². The van der Waals surface area contributed by atoms with E-state index in [1.807, 2.05) is 0 Å². The summed E-state index contributed by atoms with van der Waals surface area (Å²) in [6.45, 7) is 6.83. The van der Waals surface area contributed by atoms with Gasteiger partial charge in [0.15, 0.2) is 0 Å². The highest BCUT2D eigenvalue weighted by molar-refractivity contribution is 5.68. The van der Waals surface area contributed by atoms with Crippen LogP contribution in [0.25, 0.3) is 0 Å². The van der Waals surface area contributed by atoms with Crippen molar-refractivity contribution in [3.05, 3.63) is 0 Å². The van der Waals surface area contributed by atoms with Crippen LogP contribution in [0, 0.1) is 5.92 Å². The Morgan fingerprint density at radius 3 is 2.00 bits per heavy atom. The van der Waals surface area contributed by atoms with Gasteiger partial charge in [0.25, 0.3) is 0 Å². The molecule has 0 unspecified atom stereocenters. The second kappa shape index (κ2) is 4.80. The van der Waals surface area contributed by atoms with Crippen LogP contribution in [0.1, 0.15) is 27.7 Å². The SMILES string of the molecule is C[C@H]1[C@@H](O)[C@@H](O)[C@H](O)[C@@H]1NC(=O)OC(C)(C)C. The summed E-state index contributed by atoms with van der Waals surface area (Å²) in [6.07, 6.45) is -4.16. The maximum absolute atomic E-state index is 11.5. The molecule has 1 aliphatic rings. The van der Waals surface area contributed by atoms with Crippen molar-refractivity contribution in [1.29, 1.82) is 0 Å². The first-order valence-corrected chi connectivity index (χ1v) is 5.67. The molecule has 4 N–H and O–H groups in total. The molecule has 5 atom stereocenters. The summed E-state index contributed by atoms with van der Waals surface area (Å²) in [5, 5.41) is 31.1. The van der Waals surface area contributed by atoms with Crippen molar-refractivity contribution in [2.75, 3.05) is 0 Å². The van der Waals surface area contributed by atoms with Gasteiger partial charge in [-0.1, -0.05) is 6.92 Å². The van der Waals surface area contributed by atoms with Crippen molar-refractivity contribution in [2.24, 2.45) is 5.92 Å². The number of carbonyl (C=O) groups excluding carboxylic acids is 1. The van der Waals surface area contributed by atoms with Gasteiger partial charge in [0.05, 0.1) is 12.1 Å². The summed E-state index contributed by atoms with van der Waals surface area (Å²) in [5.74, 6) is -0.437. The van der Waals surface area contributed by atoms with Gasteiger partial charge in [-0.15, -0.1) is 0 Å². The topological polar surface area (TPSA) is 99.0 Å². The lowest BCUT2D eigenvalue weighted by atomic mass is 10.0. The van der Waals surface area contributed by atoms with Crippen molar-refractivity contribution in [3.63, 3.8) is 0 Å². The summed E-state index contributed by atoms with van der Waals surface area (Å²) < 4.78 is 5.04. The van der Waals surface area contributed by atoms with Gasteiger partial charge in [0.1, 0.15) is 17.8 Å². The van der Waals surface area contributed by atoms with Crippen LogP contribution < -0.4 is 5.32 Å². The third-order valence-corrected chi connectivity index (χ3v) is 2.86. The zero-order valence-electron chi connectivity index (χ0n) is 10.5. The van der Waals surface area contributed by atoms with Crippen LogP contribution in [-0.2, 0) is 4.74 Å². The molecule has 1 rings (SSSR count). The number of aliphatic hydroxyl groups is 3. The average Bonchev–Trinajstić information content (AvgIpc) is 2.33. The zero-order valence-corrected chi connectivity index (χ0v) is 10.5. The Kier molecular flexibility index (Phi) is 4.01. The smallest absolute Gasteiger partial charge is 0.407 e. The molecule has 100 valence electrons. The molecule has 0 aromatic heterocycles. The molecular formula is C11H21NO5. The summed E-state index contributed by atoms with van der Waals surface area (Å²) >= 11 is 0. The molecule has 1 fully saturated rings. The lowest BCUT2D eigenvalue weighted by molar-refractivity contribution is -0.0271. The Morgan fingerprint density at radius 2 is 1.65 bits per heavy atom. The quantitative estimate of drug-likeness (QED) is 0.506. The fourth-order valence-corrected chi connectivity index (χ4v) is 1.91. The molecule has 6 nitrogen and oxygen atoms in total. The van der Waals surface area contributed by atoms with Crippen LogP contribution >= 0.6 is 0 Å². The van der Waals surface area contributed by atoms with Crippen molar-refractivity contribution < 1.29 is 24.9 Å². The molecule has 0 spiro atoms. The van der Waals surface area contributed by atoms with E-state index >= 15 is 0 Å². The molecule has 6 heteroatoms. The third kappa shape index (κ3) is 3.31.